The number of nitrogens with zero attached hydrogens (tertiary/aromatic N) is 2. The van der Waals surface area contributed by atoms with Gasteiger partial charge >= 0.3 is 5.97 Å². The van der Waals surface area contributed by atoms with E-state index in [1.807, 2.05) is 4.57 Å². The fourth-order valence-corrected chi connectivity index (χ4v) is 4.13. The highest BCUT2D eigenvalue weighted by Gasteiger charge is 2.26. The first-order valence-corrected chi connectivity index (χ1v) is 8.81. The van der Waals surface area contributed by atoms with Gasteiger partial charge in [-0.1, -0.05) is 0 Å². The lowest BCUT2D eigenvalue weighted by molar-refractivity contribution is -0.137. The van der Waals surface area contributed by atoms with Crippen LogP contribution in [0.25, 0.3) is 10.9 Å². The predicted molar refractivity (Wildman–Crippen MR) is 83.8 cm³/mol. The van der Waals surface area contributed by atoms with E-state index in [2.05, 4.69) is 0 Å². The second-order valence-electron chi connectivity index (χ2n) is 5.39. The number of rotatable bonds is 5. The molecular weight excluding hydrogens is 320 g/mol. The van der Waals surface area contributed by atoms with Gasteiger partial charge in [-0.3, -0.25) is 4.79 Å². The average Bonchev–Trinajstić information content (AvgIpc) is 2.96. The molecule has 0 radical (unpaired) electrons. The molecule has 7 nitrogen and oxygen atoms in total. The van der Waals surface area contributed by atoms with Crippen LogP contribution in [0.3, 0.4) is 0 Å². The van der Waals surface area contributed by atoms with Crippen LogP contribution in [0.2, 0.25) is 0 Å². The topological polar surface area (TPSA) is 88.8 Å². The van der Waals surface area contributed by atoms with Crippen molar-refractivity contribution in [2.45, 2.75) is 17.9 Å². The molecule has 0 spiro atoms. The van der Waals surface area contributed by atoms with Crippen LogP contribution >= 0.6 is 0 Å². The van der Waals surface area contributed by atoms with Crippen molar-refractivity contribution >= 4 is 26.9 Å². The minimum Gasteiger partial charge on any atom is -0.481 e. The van der Waals surface area contributed by atoms with Gasteiger partial charge in [-0.05, 0) is 24.3 Å². The number of benzene rings is 1. The van der Waals surface area contributed by atoms with Gasteiger partial charge in [0.2, 0.25) is 10.0 Å². The molecule has 1 fully saturated rings. The van der Waals surface area contributed by atoms with Gasteiger partial charge in [0.25, 0.3) is 0 Å². The zero-order chi connectivity index (χ0) is 16.4. The summed E-state index contributed by atoms with van der Waals surface area (Å²) in [6, 6.07) is 6.74. The largest absolute Gasteiger partial charge is 0.481 e. The standard InChI is InChI=1S/C15H18N2O5S/c18-15(19)4-6-16-5-3-12-11-13(1-2-14(12)16)23(20,21)17-7-9-22-10-8-17/h1-3,5,11H,4,6-10H2,(H,18,19). The summed E-state index contributed by atoms with van der Waals surface area (Å²) in [7, 11) is -3.52. The van der Waals surface area contributed by atoms with Crippen molar-refractivity contribution in [3.8, 4) is 0 Å². The Labute approximate surface area is 134 Å². The molecule has 1 N–H and O–H groups in total. The number of fused-ring (bicyclic) bond motifs is 1. The number of ether oxygens (including phenoxy) is 1. The van der Waals surface area contributed by atoms with Crippen LogP contribution in [0.4, 0.5) is 0 Å². The van der Waals surface area contributed by atoms with E-state index in [-0.39, 0.29) is 11.3 Å². The first-order valence-electron chi connectivity index (χ1n) is 7.37. The van der Waals surface area contributed by atoms with E-state index in [0.29, 0.717) is 32.8 Å². The summed E-state index contributed by atoms with van der Waals surface area (Å²) in [4.78, 5) is 10.9. The number of aryl methyl sites for hydroxylation is 1. The lowest BCUT2D eigenvalue weighted by atomic mass is 10.2. The van der Waals surface area contributed by atoms with E-state index in [1.165, 1.54) is 4.31 Å². The van der Waals surface area contributed by atoms with Crippen LogP contribution < -0.4 is 0 Å². The maximum absolute atomic E-state index is 12.6. The van der Waals surface area contributed by atoms with Gasteiger partial charge in [-0.2, -0.15) is 4.31 Å². The molecule has 3 rings (SSSR count). The molecule has 0 unspecified atom stereocenters. The van der Waals surface area contributed by atoms with Gasteiger partial charge < -0.3 is 14.4 Å². The molecule has 1 aromatic heterocycles. The van der Waals surface area contributed by atoms with E-state index >= 15 is 0 Å². The zero-order valence-corrected chi connectivity index (χ0v) is 13.3. The molecule has 124 valence electrons. The molecule has 1 aliphatic rings. The third-order valence-electron chi connectivity index (χ3n) is 3.92. The smallest absolute Gasteiger partial charge is 0.305 e. The molecule has 0 bridgehead atoms. The van der Waals surface area contributed by atoms with Crippen LogP contribution in [-0.4, -0.2) is 54.7 Å². The highest BCUT2D eigenvalue weighted by Crippen LogP contribution is 2.23. The van der Waals surface area contributed by atoms with E-state index in [4.69, 9.17) is 9.84 Å². The summed E-state index contributed by atoms with van der Waals surface area (Å²) in [5.41, 5.74) is 0.826. The fourth-order valence-electron chi connectivity index (χ4n) is 2.69. The van der Waals surface area contributed by atoms with Gasteiger partial charge in [0.05, 0.1) is 24.5 Å². The van der Waals surface area contributed by atoms with Crippen LogP contribution in [-0.2, 0) is 26.1 Å². The van der Waals surface area contributed by atoms with E-state index in [0.717, 1.165) is 10.9 Å². The minimum absolute atomic E-state index is 0.0254. The Kier molecular flexibility index (Phi) is 4.38. The number of hydrogen-bond donors (Lipinski definition) is 1. The Bertz CT molecular complexity index is 822. The quantitative estimate of drug-likeness (QED) is 0.883. The van der Waals surface area contributed by atoms with E-state index < -0.39 is 16.0 Å². The first kappa shape index (κ1) is 16.0. The van der Waals surface area contributed by atoms with Crippen LogP contribution in [0.15, 0.2) is 35.4 Å². The maximum Gasteiger partial charge on any atom is 0.305 e. The van der Waals surface area contributed by atoms with Crippen LogP contribution in [0.1, 0.15) is 6.42 Å². The number of carbonyl (C=O) groups is 1. The molecule has 1 saturated heterocycles. The lowest BCUT2D eigenvalue weighted by Crippen LogP contribution is -2.40. The van der Waals surface area contributed by atoms with E-state index in [1.54, 1.807) is 30.5 Å². The van der Waals surface area contributed by atoms with Crippen molar-refractivity contribution in [2.75, 3.05) is 26.3 Å². The monoisotopic (exact) mass is 338 g/mol. The van der Waals surface area contributed by atoms with Crippen molar-refractivity contribution in [3.05, 3.63) is 30.5 Å². The number of sulfonamides is 1. The minimum atomic E-state index is -3.52. The predicted octanol–water partition coefficient (Wildman–Crippen LogP) is 1.14. The van der Waals surface area contributed by atoms with E-state index in [9.17, 15) is 13.2 Å². The van der Waals surface area contributed by atoms with Crippen molar-refractivity contribution in [3.63, 3.8) is 0 Å². The summed E-state index contributed by atoms with van der Waals surface area (Å²) in [6.07, 6.45) is 1.80. The third-order valence-corrected chi connectivity index (χ3v) is 5.81. The zero-order valence-electron chi connectivity index (χ0n) is 12.5. The average molecular weight is 338 g/mol. The number of morpholine rings is 1. The SMILES string of the molecule is O=C(O)CCn1ccc2cc(S(=O)(=O)N3CCOCC3)ccc21. The molecule has 0 amide bonds. The van der Waals surface area contributed by atoms with Crippen molar-refractivity contribution in [2.24, 2.45) is 0 Å². The molecule has 23 heavy (non-hydrogen) atoms. The van der Waals surface area contributed by atoms with Gasteiger partial charge in [0, 0.05) is 36.7 Å². The van der Waals surface area contributed by atoms with Crippen LogP contribution in [0.5, 0.6) is 0 Å². The summed E-state index contributed by atoms with van der Waals surface area (Å²) in [5.74, 6) is -0.863. The van der Waals surface area contributed by atoms with Gasteiger partial charge in [0.15, 0.2) is 0 Å². The fraction of sp³-hybridized carbons (Fsp3) is 0.400. The molecule has 0 saturated carbocycles. The van der Waals surface area contributed by atoms with Crippen molar-refractivity contribution < 1.29 is 23.1 Å². The number of carboxylic acid groups (broad SMARTS) is 1. The molecule has 1 aromatic carbocycles. The molecule has 1 aliphatic heterocycles. The maximum atomic E-state index is 12.6. The first-order chi connectivity index (χ1) is 11.0. The summed E-state index contributed by atoms with van der Waals surface area (Å²) in [6.45, 7) is 1.90. The second kappa shape index (κ2) is 6.31. The highest BCUT2D eigenvalue weighted by atomic mass is 32.2. The van der Waals surface area contributed by atoms with Crippen molar-refractivity contribution in [1.82, 2.24) is 8.87 Å². The summed E-state index contributed by atoms with van der Waals surface area (Å²) < 4.78 is 33.7. The Hall–Kier alpha value is -1.90. The van der Waals surface area contributed by atoms with Gasteiger partial charge in [-0.15, -0.1) is 0 Å². The third kappa shape index (κ3) is 3.24. The summed E-state index contributed by atoms with van der Waals surface area (Å²) in [5, 5.41) is 9.55. The normalized spacial score (nSPS) is 16.7. The number of aromatic nitrogens is 1. The molecule has 0 atom stereocenters. The molecule has 0 aliphatic carbocycles. The van der Waals surface area contributed by atoms with Crippen molar-refractivity contribution in [1.29, 1.82) is 0 Å². The molecule has 2 heterocycles. The molecule has 2 aromatic rings. The Morgan fingerprint density at radius 1 is 1.22 bits per heavy atom. The Morgan fingerprint density at radius 2 is 1.96 bits per heavy atom. The summed E-state index contributed by atoms with van der Waals surface area (Å²) >= 11 is 0. The highest BCUT2D eigenvalue weighted by molar-refractivity contribution is 7.89. The van der Waals surface area contributed by atoms with Gasteiger partial charge in [0.1, 0.15) is 0 Å². The second-order valence-corrected chi connectivity index (χ2v) is 7.33. The lowest BCUT2D eigenvalue weighted by Gasteiger charge is -2.26. The number of aliphatic carboxylic acids is 1. The molecule has 8 heteroatoms. The Morgan fingerprint density at radius 3 is 2.65 bits per heavy atom. The Balaban J connectivity index is 1.89. The van der Waals surface area contributed by atoms with Crippen LogP contribution in [0, 0.1) is 0 Å². The number of carboxylic acids is 1. The number of hydrogen-bond acceptors (Lipinski definition) is 4. The van der Waals surface area contributed by atoms with Gasteiger partial charge in [-0.25, -0.2) is 8.42 Å². The molecular formula is C15H18N2O5S.